The fraction of sp³-hybridized carbons (Fsp3) is 0.615. The third-order valence-electron chi connectivity index (χ3n) is 2.96. The molecular formula is C13H22N4OS. The molecule has 0 saturated heterocycles. The van der Waals surface area contributed by atoms with E-state index in [0.29, 0.717) is 13.2 Å². The van der Waals surface area contributed by atoms with Gasteiger partial charge in [-0.1, -0.05) is 0 Å². The molecule has 19 heavy (non-hydrogen) atoms. The number of fused-ring (bicyclic) bond motifs is 1. The van der Waals surface area contributed by atoms with Crippen molar-refractivity contribution in [2.75, 3.05) is 31.6 Å². The van der Waals surface area contributed by atoms with Gasteiger partial charge in [0.2, 0.25) is 0 Å². The van der Waals surface area contributed by atoms with E-state index < -0.39 is 0 Å². The summed E-state index contributed by atoms with van der Waals surface area (Å²) in [6, 6.07) is 0. The normalized spacial score (nSPS) is 11.6. The maximum absolute atomic E-state index is 5.71. The predicted molar refractivity (Wildman–Crippen MR) is 80.2 cm³/mol. The Balaban J connectivity index is 2.13. The predicted octanol–water partition coefficient (Wildman–Crippen LogP) is 1.76. The van der Waals surface area contributed by atoms with Crippen LogP contribution < -0.4 is 10.6 Å². The van der Waals surface area contributed by atoms with E-state index in [0.717, 1.165) is 23.7 Å². The van der Waals surface area contributed by atoms with Crippen LogP contribution >= 0.6 is 11.3 Å². The topological polar surface area (TPSA) is 55.8 Å². The van der Waals surface area contributed by atoms with Crippen LogP contribution in [0.15, 0.2) is 11.6 Å². The van der Waals surface area contributed by atoms with Gasteiger partial charge in [0.15, 0.2) is 10.8 Å². The van der Waals surface area contributed by atoms with Crippen LogP contribution in [0.25, 0.3) is 4.96 Å². The van der Waals surface area contributed by atoms with E-state index in [4.69, 9.17) is 10.5 Å². The largest absolute Gasteiger partial charge is 0.377 e. The second kappa shape index (κ2) is 6.36. The van der Waals surface area contributed by atoms with Crippen molar-refractivity contribution < 1.29 is 4.74 Å². The third-order valence-corrected chi connectivity index (χ3v) is 3.72. The molecule has 0 spiro atoms. The van der Waals surface area contributed by atoms with E-state index >= 15 is 0 Å². The van der Waals surface area contributed by atoms with Gasteiger partial charge in [-0.05, 0) is 20.4 Å². The van der Waals surface area contributed by atoms with E-state index in [1.165, 1.54) is 5.69 Å². The molecule has 2 aromatic heterocycles. The molecule has 0 aromatic carbocycles. The second-order valence-corrected chi connectivity index (χ2v) is 5.69. The van der Waals surface area contributed by atoms with Crippen molar-refractivity contribution in [2.45, 2.75) is 26.4 Å². The fourth-order valence-corrected chi connectivity index (χ4v) is 2.76. The molecule has 6 heteroatoms. The molecule has 0 aliphatic rings. The van der Waals surface area contributed by atoms with Gasteiger partial charge >= 0.3 is 0 Å². The molecule has 0 saturated carbocycles. The van der Waals surface area contributed by atoms with Gasteiger partial charge in [0.25, 0.3) is 0 Å². The molecule has 0 radical (unpaired) electrons. The van der Waals surface area contributed by atoms with Gasteiger partial charge in [-0.2, -0.15) is 0 Å². The van der Waals surface area contributed by atoms with Crippen molar-refractivity contribution >= 4 is 22.1 Å². The molecule has 0 atom stereocenters. The van der Waals surface area contributed by atoms with Gasteiger partial charge in [-0.3, -0.25) is 4.40 Å². The van der Waals surface area contributed by atoms with E-state index in [9.17, 15) is 0 Å². The average Bonchev–Trinajstić information content (AvgIpc) is 2.91. The Morgan fingerprint density at radius 3 is 3.00 bits per heavy atom. The van der Waals surface area contributed by atoms with Crippen molar-refractivity contribution in [3.05, 3.63) is 17.3 Å². The van der Waals surface area contributed by atoms with Crippen LogP contribution in [0.2, 0.25) is 0 Å². The van der Waals surface area contributed by atoms with Gasteiger partial charge in [-0.25, -0.2) is 4.98 Å². The Morgan fingerprint density at radius 2 is 2.32 bits per heavy atom. The molecule has 0 aliphatic heterocycles. The van der Waals surface area contributed by atoms with Crippen LogP contribution in [0.4, 0.5) is 5.82 Å². The van der Waals surface area contributed by atoms with Crippen molar-refractivity contribution in [2.24, 2.45) is 5.73 Å². The molecule has 106 valence electrons. The maximum Gasteiger partial charge on any atom is 0.195 e. The van der Waals surface area contributed by atoms with Crippen molar-refractivity contribution in [3.63, 3.8) is 0 Å². The zero-order chi connectivity index (χ0) is 13.8. The van der Waals surface area contributed by atoms with Gasteiger partial charge < -0.3 is 15.4 Å². The van der Waals surface area contributed by atoms with Gasteiger partial charge in [0, 0.05) is 31.6 Å². The lowest BCUT2D eigenvalue weighted by molar-refractivity contribution is 0.0845. The molecule has 2 rings (SSSR count). The molecule has 0 fully saturated rings. The Labute approximate surface area is 118 Å². The highest BCUT2D eigenvalue weighted by molar-refractivity contribution is 7.15. The van der Waals surface area contributed by atoms with Gasteiger partial charge in [0.05, 0.1) is 18.4 Å². The van der Waals surface area contributed by atoms with Crippen LogP contribution in [-0.4, -0.2) is 42.2 Å². The van der Waals surface area contributed by atoms with E-state index in [2.05, 4.69) is 27.5 Å². The summed E-state index contributed by atoms with van der Waals surface area (Å²) in [7, 11) is 2.05. The van der Waals surface area contributed by atoms with E-state index in [1.54, 1.807) is 11.3 Å². The summed E-state index contributed by atoms with van der Waals surface area (Å²) < 4.78 is 7.72. The van der Waals surface area contributed by atoms with Crippen molar-refractivity contribution in [1.29, 1.82) is 0 Å². The van der Waals surface area contributed by atoms with Crippen molar-refractivity contribution in [3.8, 4) is 0 Å². The first-order chi connectivity index (χ1) is 9.13. The molecule has 0 unspecified atom stereocenters. The van der Waals surface area contributed by atoms with Crippen LogP contribution in [0, 0.1) is 0 Å². The standard InChI is InChI=1S/C13H22N4OS/c1-10(2)18-8-6-16(3)12-11(4-5-14)17-7-9-19-13(17)15-12/h7,9-10H,4-6,8,14H2,1-3H3. The smallest absolute Gasteiger partial charge is 0.195 e. The Morgan fingerprint density at radius 1 is 1.53 bits per heavy atom. The molecule has 0 bridgehead atoms. The number of likely N-dealkylation sites (N-methyl/N-ethyl adjacent to an activating group) is 1. The Hall–Kier alpha value is -1.11. The summed E-state index contributed by atoms with van der Waals surface area (Å²) >= 11 is 1.65. The molecule has 2 N–H and O–H groups in total. The highest BCUT2D eigenvalue weighted by atomic mass is 32.1. The number of rotatable bonds is 7. The minimum Gasteiger partial charge on any atom is -0.377 e. The average molecular weight is 282 g/mol. The lowest BCUT2D eigenvalue weighted by atomic mass is 10.3. The number of imidazole rings is 1. The number of hydrogen-bond donors (Lipinski definition) is 1. The van der Waals surface area contributed by atoms with Crippen LogP contribution in [0.3, 0.4) is 0 Å². The monoisotopic (exact) mass is 282 g/mol. The zero-order valence-corrected chi connectivity index (χ0v) is 12.6. The Kier molecular flexibility index (Phi) is 4.79. The minimum atomic E-state index is 0.266. The summed E-state index contributed by atoms with van der Waals surface area (Å²) in [5.74, 6) is 1.02. The first-order valence-corrected chi connectivity index (χ1v) is 7.48. The highest BCUT2D eigenvalue weighted by Crippen LogP contribution is 2.24. The van der Waals surface area contributed by atoms with Crippen LogP contribution in [0.5, 0.6) is 0 Å². The molecular weight excluding hydrogens is 260 g/mol. The summed E-state index contributed by atoms with van der Waals surface area (Å²) in [4.78, 5) is 7.85. The zero-order valence-electron chi connectivity index (χ0n) is 11.8. The highest BCUT2D eigenvalue weighted by Gasteiger charge is 2.15. The van der Waals surface area contributed by atoms with E-state index in [-0.39, 0.29) is 6.10 Å². The molecule has 0 amide bonds. The first-order valence-electron chi connectivity index (χ1n) is 6.60. The summed E-state index contributed by atoms with van der Waals surface area (Å²) in [6.45, 7) is 6.27. The summed E-state index contributed by atoms with van der Waals surface area (Å²) in [5.41, 5.74) is 6.89. The summed E-state index contributed by atoms with van der Waals surface area (Å²) in [6.07, 6.45) is 3.16. The molecule has 2 aromatic rings. The quantitative estimate of drug-likeness (QED) is 0.841. The van der Waals surface area contributed by atoms with Gasteiger partial charge in [0.1, 0.15) is 0 Å². The number of nitrogens with zero attached hydrogens (tertiary/aromatic N) is 3. The lowest BCUT2D eigenvalue weighted by Crippen LogP contribution is -2.25. The number of nitrogens with two attached hydrogens (primary N) is 1. The van der Waals surface area contributed by atoms with Crippen molar-refractivity contribution in [1.82, 2.24) is 9.38 Å². The molecule has 0 aliphatic carbocycles. The maximum atomic E-state index is 5.71. The van der Waals surface area contributed by atoms with Crippen LogP contribution in [-0.2, 0) is 11.2 Å². The molecule has 2 heterocycles. The fourth-order valence-electron chi connectivity index (χ4n) is 2.03. The van der Waals surface area contributed by atoms with Gasteiger partial charge in [-0.15, -0.1) is 11.3 Å². The van der Waals surface area contributed by atoms with E-state index in [1.807, 2.05) is 19.2 Å². The summed E-state index contributed by atoms with van der Waals surface area (Å²) in [5, 5.41) is 2.05. The lowest BCUT2D eigenvalue weighted by Gasteiger charge is -2.19. The number of hydrogen-bond acceptors (Lipinski definition) is 5. The number of thiazole rings is 1. The Bertz CT molecular complexity index is 520. The minimum absolute atomic E-state index is 0.266. The number of anilines is 1. The second-order valence-electron chi connectivity index (χ2n) is 4.82. The SMILES string of the molecule is CC(C)OCCN(C)c1nc2sccn2c1CCN. The number of ether oxygens (including phenoxy) is 1. The first kappa shape index (κ1) is 14.3. The van der Waals surface area contributed by atoms with Crippen LogP contribution in [0.1, 0.15) is 19.5 Å². The number of aromatic nitrogens is 2. The third kappa shape index (κ3) is 3.26. The molecule has 5 nitrogen and oxygen atoms in total.